The molecule has 0 aliphatic rings. The van der Waals surface area contributed by atoms with Crippen molar-refractivity contribution in [1.29, 1.82) is 0 Å². The van der Waals surface area contributed by atoms with E-state index in [-0.39, 0.29) is 11.9 Å². The number of urea groups is 1. The molecule has 1 heterocycles. The van der Waals surface area contributed by atoms with Crippen molar-refractivity contribution >= 4 is 23.5 Å². The lowest BCUT2D eigenvalue weighted by atomic mass is 9.99. The van der Waals surface area contributed by atoms with E-state index in [4.69, 9.17) is 18.7 Å². The van der Waals surface area contributed by atoms with Gasteiger partial charge in [0.25, 0.3) is 0 Å². The van der Waals surface area contributed by atoms with Crippen LogP contribution in [0.3, 0.4) is 0 Å². The molecule has 3 rings (SSSR count). The summed E-state index contributed by atoms with van der Waals surface area (Å²) in [6, 6.07) is 10.3. The number of hydrogen-bond acceptors (Lipinski definition) is 8. The van der Waals surface area contributed by atoms with Crippen LogP contribution >= 0.6 is 11.8 Å². The van der Waals surface area contributed by atoms with Gasteiger partial charge in [0.1, 0.15) is 6.04 Å². The van der Waals surface area contributed by atoms with E-state index in [0.717, 1.165) is 11.3 Å². The first-order chi connectivity index (χ1) is 16.4. The summed E-state index contributed by atoms with van der Waals surface area (Å²) in [5.41, 5.74) is 1.33. The summed E-state index contributed by atoms with van der Waals surface area (Å²) in [6.07, 6.45) is 2.80. The van der Waals surface area contributed by atoms with Gasteiger partial charge >= 0.3 is 6.03 Å². The summed E-state index contributed by atoms with van der Waals surface area (Å²) < 4.78 is 21.8. The van der Waals surface area contributed by atoms with Crippen LogP contribution in [0.1, 0.15) is 32.2 Å². The minimum Gasteiger partial charge on any atom is -0.493 e. The van der Waals surface area contributed by atoms with E-state index < -0.39 is 6.04 Å². The van der Waals surface area contributed by atoms with Crippen molar-refractivity contribution in [1.82, 2.24) is 15.5 Å². The number of amides is 2. The summed E-state index contributed by atoms with van der Waals surface area (Å²) in [5.74, 6) is 2.14. The van der Waals surface area contributed by atoms with Gasteiger partial charge in [-0.1, -0.05) is 25.4 Å². The van der Waals surface area contributed by atoms with Crippen LogP contribution in [-0.2, 0) is 0 Å². The van der Waals surface area contributed by atoms with Crippen molar-refractivity contribution in [3.8, 4) is 28.6 Å². The second-order valence-corrected chi connectivity index (χ2v) is 8.44. The fraction of sp³-hybridized carbons (Fsp3) is 0.375. The number of carbonyl (C=O) groups excluding carboxylic acids is 1. The molecule has 34 heavy (non-hydrogen) atoms. The summed E-state index contributed by atoms with van der Waals surface area (Å²) in [4.78, 5) is 18.4. The molecule has 0 radical (unpaired) electrons. The maximum Gasteiger partial charge on any atom is 0.319 e. The second-order valence-electron chi connectivity index (χ2n) is 7.56. The van der Waals surface area contributed by atoms with Crippen LogP contribution in [0, 0.1) is 5.92 Å². The lowest BCUT2D eigenvalue weighted by Gasteiger charge is -2.21. The van der Waals surface area contributed by atoms with Crippen LogP contribution in [0.25, 0.3) is 11.4 Å². The first kappa shape index (κ1) is 25.2. The number of methoxy groups -OCH3 is 3. The molecule has 0 spiro atoms. The number of hydrogen-bond donors (Lipinski definition) is 2. The Morgan fingerprint density at radius 2 is 1.74 bits per heavy atom. The van der Waals surface area contributed by atoms with Gasteiger partial charge in [0, 0.05) is 16.1 Å². The van der Waals surface area contributed by atoms with Crippen molar-refractivity contribution < 1.29 is 23.5 Å². The third kappa shape index (κ3) is 5.74. The van der Waals surface area contributed by atoms with Crippen LogP contribution < -0.4 is 24.8 Å². The fourth-order valence-corrected chi connectivity index (χ4v) is 3.76. The van der Waals surface area contributed by atoms with Gasteiger partial charge in [0.2, 0.25) is 17.5 Å². The standard InChI is InChI=1S/C24H30N4O5S/c1-7-14(2)20(26-24(29)25-16-8-10-17(34-6)11-9-16)23-27-22(28-33-23)15-12-18(30-3)21(32-5)19(13-15)31-4/h8-14,20H,7H2,1-6H3,(H2,25,26,29). The number of anilines is 1. The molecule has 0 fully saturated rings. The fourth-order valence-electron chi connectivity index (χ4n) is 3.35. The van der Waals surface area contributed by atoms with Crippen LogP contribution in [-0.4, -0.2) is 43.8 Å². The number of rotatable bonds is 10. The molecule has 0 aliphatic carbocycles. The molecule has 10 heteroatoms. The second kappa shape index (κ2) is 11.6. The quantitative estimate of drug-likeness (QED) is 0.367. The molecular formula is C24H30N4O5S. The highest BCUT2D eigenvalue weighted by atomic mass is 32.2. The van der Waals surface area contributed by atoms with Crippen molar-refractivity contribution in [2.24, 2.45) is 5.92 Å². The maximum atomic E-state index is 12.7. The average Bonchev–Trinajstić information content (AvgIpc) is 3.36. The Balaban J connectivity index is 1.83. The zero-order chi connectivity index (χ0) is 24.7. The van der Waals surface area contributed by atoms with Gasteiger partial charge < -0.3 is 29.4 Å². The van der Waals surface area contributed by atoms with Crippen LogP contribution in [0.15, 0.2) is 45.8 Å². The van der Waals surface area contributed by atoms with Crippen molar-refractivity contribution in [2.45, 2.75) is 31.2 Å². The van der Waals surface area contributed by atoms with Gasteiger partial charge in [-0.05, 0) is 48.6 Å². The van der Waals surface area contributed by atoms with Gasteiger partial charge in [-0.15, -0.1) is 11.8 Å². The third-order valence-corrected chi connectivity index (χ3v) is 6.22. The number of nitrogens with zero attached hydrogens (tertiary/aromatic N) is 2. The zero-order valence-electron chi connectivity index (χ0n) is 20.2. The molecule has 0 saturated carbocycles. The topological polar surface area (TPSA) is 108 Å². The van der Waals surface area contributed by atoms with E-state index in [1.165, 1.54) is 7.11 Å². The molecule has 1 aromatic heterocycles. The minimum absolute atomic E-state index is 0.0536. The van der Waals surface area contributed by atoms with Crippen molar-refractivity contribution in [2.75, 3.05) is 32.9 Å². The number of carbonyl (C=O) groups is 1. The van der Waals surface area contributed by atoms with Gasteiger partial charge in [-0.3, -0.25) is 0 Å². The molecule has 2 unspecified atom stereocenters. The van der Waals surface area contributed by atoms with Gasteiger partial charge in [-0.25, -0.2) is 4.79 Å². The monoisotopic (exact) mass is 486 g/mol. The van der Waals surface area contributed by atoms with Crippen LogP contribution in [0.5, 0.6) is 17.2 Å². The molecular weight excluding hydrogens is 456 g/mol. The predicted octanol–water partition coefficient (Wildman–Crippen LogP) is 5.39. The largest absolute Gasteiger partial charge is 0.493 e. The number of aromatic nitrogens is 2. The Kier molecular flexibility index (Phi) is 8.64. The first-order valence-corrected chi connectivity index (χ1v) is 12.0. The lowest BCUT2D eigenvalue weighted by molar-refractivity contribution is 0.232. The van der Waals surface area contributed by atoms with E-state index in [9.17, 15) is 4.79 Å². The first-order valence-electron chi connectivity index (χ1n) is 10.8. The average molecular weight is 487 g/mol. The number of ether oxygens (including phenoxy) is 3. The molecule has 2 atom stereocenters. The SMILES string of the molecule is CCC(C)C(NC(=O)Nc1ccc(SC)cc1)c1nc(-c2cc(OC)c(OC)c(OC)c2)no1. The normalized spacial score (nSPS) is 12.5. The van der Waals surface area contributed by atoms with Gasteiger partial charge in [0.15, 0.2) is 11.5 Å². The highest BCUT2D eigenvalue weighted by molar-refractivity contribution is 7.98. The maximum absolute atomic E-state index is 12.7. The molecule has 2 amide bonds. The van der Waals surface area contributed by atoms with E-state index in [2.05, 4.69) is 20.8 Å². The summed E-state index contributed by atoms with van der Waals surface area (Å²) >= 11 is 1.64. The van der Waals surface area contributed by atoms with E-state index in [1.807, 2.05) is 44.4 Å². The molecule has 0 saturated heterocycles. The summed E-state index contributed by atoms with van der Waals surface area (Å²) in [6.45, 7) is 4.05. The number of nitrogens with one attached hydrogen (secondary N) is 2. The number of benzene rings is 2. The molecule has 0 bridgehead atoms. The Bertz CT molecular complexity index is 1080. The molecule has 0 aliphatic heterocycles. The Morgan fingerprint density at radius 3 is 2.26 bits per heavy atom. The Labute approximate surface area is 203 Å². The highest BCUT2D eigenvalue weighted by Gasteiger charge is 2.27. The van der Waals surface area contributed by atoms with Crippen molar-refractivity contribution in [3.63, 3.8) is 0 Å². The van der Waals surface area contributed by atoms with E-state index >= 15 is 0 Å². The Morgan fingerprint density at radius 1 is 1.09 bits per heavy atom. The lowest BCUT2D eigenvalue weighted by Crippen LogP contribution is -2.35. The zero-order valence-corrected chi connectivity index (χ0v) is 21.0. The van der Waals surface area contributed by atoms with Crippen molar-refractivity contribution in [3.05, 3.63) is 42.3 Å². The smallest absolute Gasteiger partial charge is 0.319 e. The van der Waals surface area contributed by atoms with Gasteiger partial charge in [-0.2, -0.15) is 4.98 Å². The molecule has 2 N–H and O–H groups in total. The van der Waals surface area contributed by atoms with Crippen LogP contribution in [0.2, 0.25) is 0 Å². The third-order valence-electron chi connectivity index (χ3n) is 5.48. The Hall–Kier alpha value is -3.40. The van der Waals surface area contributed by atoms with Gasteiger partial charge in [0.05, 0.1) is 21.3 Å². The molecule has 9 nitrogen and oxygen atoms in total. The number of thioether (sulfide) groups is 1. The molecule has 2 aromatic carbocycles. The predicted molar refractivity (Wildman–Crippen MR) is 132 cm³/mol. The molecule has 182 valence electrons. The minimum atomic E-state index is -0.473. The van der Waals surface area contributed by atoms with E-state index in [1.54, 1.807) is 38.1 Å². The summed E-state index contributed by atoms with van der Waals surface area (Å²) in [5, 5.41) is 9.95. The van der Waals surface area contributed by atoms with E-state index in [0.29, 0.717) is 40.2 Å². The highest BCUT2D eigenvalue weighted by Crippen LogP contribution is 2.40. The summed E-state index contributed by atoms with van der Waals surface area (Å²) in [7, 11) is 4.62. The molecule has 3 aromatic rings. The van der Waals surface area contributed by atoms with Crippen LogP contribution in [0.4, 0.5) is 10.5 Å².